The van der Waals surface area contributed by atoms with E-state index in [2.05, 4.69) is 10.1 Å². The first-order valence-corrected chi connectivity index (χ1v) is 4.28. The summed E-state index contributed by atoms with van der Waals surface area (Å²) in [5, 5.41) is 3.60. The predicted molar refractivity (Wildman–Crippen MR) is 46.8 cm³/mol. The van der Waals surface area contributed by atoms with Crippen molar-refractivity contribution >= 4 is 17.2 Å². The Labute approximate surface area is 73.0 Å². The van der Waals surface area contributed by atoms with Crippen LogP contribution in [-0.2, 0) is 0 Å². The highest BCUT2D eigenvalue weighted by molar-refractivity contribution is 7.13. The number of rotatable bonds is 1. The molecular formula is C7H7N3OS. The minimum Gasteiger partial charge on any atom is -0.381 e. The molecule has 0 amide bonds. The Morgan fingerprint density at radius 1 is 1.58 bits per heavy atom. The topological polar surface area (TPSA) is 64.9 Å². The van der Waals surface area contributed by atoms with Crippen LogP contribution in [-0.4, -0.2) is 10.1 Å². The summed E-state index contributed by atoms with van der Waals surface area (Å²) in [4.78, 5) is 5.08. The van der Waals surface area contributed by atoms with E-state index < -0.39 is 0 Å². The van der Waals surface area contributed by atoms with Crippen molar-refractivity contribution in [3.05, 3.63) is 17.3 Å². The molecule has 2 aromatic rings. The molecule has 0 saturated heterocycles. The molecule has 0 spiro atoms. The van der Waals surface area contributed by atoms with Gasteiger partial charge < -0.3 is 10.3 Å². The molecule has 0 unspecified atom stereocenters. The van der Waals surface area contributed by atoms with Crippen molar-refractivity contribution in [3.8, 4) is 10.6 Å². The van der Waals surface area contributed by atoms with Crippen molar-refractivity contribution in [1.29, 1.82) is 0 Å². The zero-order valence-electron chi connectivity index (χ0n) is 6.44. The Balaban J connectivity index is 2.50. The third-order valence-electron chi connectivity index (χ3n) is 1.50. The monoisotopic (exact) mass is 181 g/mol. The summed E-state index contributed by atoms with van der Waals surface area (Å²) in [5.74, 6) is 1.09. The maximum atomic E-state index is 5.41. The molecule has 2 rings (SSSR count). The molecule has 4 nitrogen and oxygen atoms in total. The van der Waals surface area contributed by atoms with E-state index in [0.29, 0.717) is 11.6 Å². The number of aryl methyl sites for hydroxylation is 1. The van der Waals surface area contributed by atoms with Gasteiger partial charge in [0.15, 0.2) is 11.6 Å². The number of hydrogen-bond donors (Lipinski definition) is 1. The first-order valence-electron chi connectivity index (χ1n) is 3.40. The van der Waals surface area contributed by atoms with E-state index in [1.807, 2.05) is 6.92 Å². The quantitative estimate of drug-likeness (QED) is 0.727. The van der Waals surface area contributed by atoms with E-state index in [4.69, 9.17) is 10.3 Å². The third kappa shape index (κ3) is 1.08. The smallest absolute Gasteiger partial charge is 0.180 e. The lowest BCUT2D eigenvalue weighted by Crippen LogP contribution is -1.79. The van der Waals surface area contributed by atoms with Crippen molar-refractivity contribution < 1.29 is 4.52 Å². The van der Waals surface area contributed by atoms with Crippen LogP contribution in [0.25, 0.3) is 10.6 Å². The lowest BCUT2D eigenvalue weighted by atomic mass is 10.3. The first kappa shape index (κ1) is 7.30. The number of nitrogens with zero attached hydrogens (tertiary/aromatic N) is 2. The maximum absolute atomic E-state index is 5.41. The maximum Gasteiger partial charge on any atom is 0.180 e. The fourth-order valence-electron chi connectivity index (χ4n) is 0.934. The van der Waals surface area contributed by atoms with Crippen LogP contribution in [0.15, 0.2) is 16.1 Å². The van der Waals surface area contributed by atoms with Crippen LogP contribution >= 0.6 is 11.3 Å². The Bertz CT molecular complexity index is 393. The van der Waals surface area contributed by atoms with Gasteiger partial charge in [0, 0.05) is 6.07 Å². The molecule has 2 aromatic heterocycles. The number of nitrogen functional groups attached to an aromatic ring is 1. The van der Waals surface area contributed by atoms with Gasteiger partial charge in [-0.1, -0.05) is 5.16 Å². The summed E-state index contributed by atoms with van der Waals surface area (Å²) in [6.45, 7) is 1.92. The van der Waals surface area contributed by atoms with Gasteiger partial charge in [0.1, 0.15) is 0 Å². The van der Waals surface area contributed by atoms with Crippen LogP contribution in [0.5, 0.6) is 0 Å². The fourth-order valence-corrected chi connectivity index (χ4v) is 1.69. The van der Waals surface area contributed by atoms with Gasteiger partial charge in [-0.25, -0.2) is 4.98 Å². The molecule has 12 heavy (non-hydrogen) atoms. The van der Waals surface area contributed by atoms with Crippen molar-refractivity contribution in [1.82, 2.24) is 10.1 Å². The summed E-state index contributed by atoms with van der Waals surface area (Å²) in [7, 11) is 0. The summed E-state index contributed by atoms with van der Waals surface area (Å²) in [5.41, 5.74) is 8.12. The van der Waals surface area contributed by atoms with Crippen LogP contribution in [0.3, 0.4) is 0 Å². The molecule has 0 aromatic carbocycles. The molecule has 2 heterocycles. The van der Waals surface area contributed by atoms with Gasteiger partial charge in [-0.05, 0) is 6.92 Å². The molecular weight excluding hydrogens is 174 g/mol. The highest BCUT2D eigenvalue weighted by Gasteiger charge is 2.09. The van der Waals surface area contributed by atoms with Gasteiger partial charge in [-0.2, -0.15) is 0 Å². The molecule has 0 aliphatic carbocycles. The van der Waals surface area contributed by atoms with Crippen molar-refractivity contribution in [2.45, 2.75) is 6.92 Å². The molecule has 0 radical (unpaired) electrons. The molecule has 0 atom stereocenters. The molecule has 0 saturated carbocycles. The normalized spacial score (nSPS) is 10.4. The molecule has 5 heteroatoms. The van der Waals surface area contributed by atoms with E-state index in [1.54, 1.807) is 11.6 Å². The Kier molecular flexibility index (Phi) is 1.58. The number of nitrogens with two attached hydrogens (primary N) is 1. The predicted octanol–water partition coefficient (Wildman–Crippen LogP) is 1.69. The van der Waals surface area contributed by atoms with Crippen LogP contribution in [0.4, 0.5) is 5.82 Å². The average molecular weight is 181 g/mol. The number of hydrogen-bond acceptors (Lipinski definition) is 5. The fraction of sp³-hybridized carbons (Fsp3) is 0.143. The largest absolute Gasteiger partial charge is 0.381 e. The summed E-state index contributed by atoms with van der Waals surface area (Å²) < 4.78 is 4.98. The van der Waals surface area contributed by atoms with E-state index in [1.165, 1.54) is 11.3 Å². The van der Waals surface area contributed by atoms with Crippen LogP contribution in [0.1, 0.15) is 5.69 Å². The average Bonchev–Trinajstić information content (AvgIpc) is 2.58. The van der Waals surface area contributed by atoms with Gasteiger partial charge in [-0.15, -0.1) is 11.3 Å². The van der Waals surface area contributed by atoms with Crippen LogP contribution in [0.2, 0.25) is 0 Å². The van der Waals surface area contributed by atoms with Gasteiger partial charge in [0.05, 0.1) is 16.1 Å². The molecule has 2 N–H and O–H groups in total. The first-order chi connectivity index (χ1) is 5.77. The lowest BCUT2D eigenvalue weighted by Gasteiger charge is -1.87. The Morgan fingerprint density at radius 3 is 2.92 bits per heavy atom. The SMILES string of the molecule is Cc1ncsc1-c1cc(N)no1. The molecule has 0 aliphatic heterocycles. The van der Waals surface area contributed by atoms with Crippen LogP contribution in [0, 0.1) is 6.92 Å². The summed E-state index contributed by atoms with van der Waals surface area (Å²) in [6, 6.07) is 1.69. The summed E-state index contributed by atoms with van der Waals surface area (Å²) in [6.07, 6.45) is 0. The van der Waals surface area contributed by atoms with Crippen LogP contribution < -0.4 is 5.73 Å². The highest BCUT2D eigenvalue weighted by Crippen LogP contribution is 2.27. The zero-order chi connectivity index (χ0) is 8.55. The number of aromatic nitrogens is 2. The lowest BCUT2D eigenvalue weighted by molar-refractivity contribution is 0.436. The van der Waals surface area contributed by atoms with E-state index in [-0.39, 0.29) is 0 Å². The molecule has 0 fully saturated rings. The second-order valence-corrected chi connectivity index (χ2v) is 3.24. The van der Waals surface area contributed by atoms with Gasteiger partial charge >= 0.3 is 0 Å². The zero-order valence-corrected chi connectivity index (χ0v) is 7.26. The second-order valence-electron chi connectivity index (χ2n) is 2.38. The molecule has 0 bridgehead atoms. The highest BCUT2D eigenvalue weighted by atomic mass is 32.1. The minimum absolute atomic E-state index is 0.401. The van der Waals surface area contributed by atoms with Gasteiger partial charge in [0.2, 0.25) is 0 Å². The Morgan fingerprint density at radius 2 is 2.42 bits per heavy atom. The molecule has 62 valence electrons. The number of anilines is 1. The van der Waals surface area contributed by atoms with Crippen molar-refractivity contribution in [3.63, 3.8) is 0 Å². The van der Waals surface area contributed by atoms with Crippen molar-refractivity contribution in [2.75, 3.05) is 5.73 Å². The molecule has 0 aliphatic rings. The van der Waals surface area contributed by atoms with Gasteiger partial charge in [0.25, 0.3) is 0 Å². The Hall–Kier alpha value is -1.36. The minimum atomic E-state index is 0.401. The number of thiazole rings is 1. The third-order valence-corrected chi connectivity index (χ3v) is 2.44. The summed E-state index contributed by atoms with van der Waals surface area (Å²) >= 11 is 1.52. The van der Waals surface area contributed by atoms with E-state index >= 15 is 0 Å². The standard InChI is InChI=1S/C7H7N3OS/c1-4-7(12-3-9-4)5-2-6(8)10-11-5/h2-3H,1H3,(H2,8,10). The van der Waals surface area contributed by atoms with E-state index in [0.717, 1.165) is 10.6 Å². The van der Waals surface area contributed by atoms with E-state index in [9.17, 15) is 0 Å². The second kappa shape index (κ2) is 2.60. The van der Waals surface area contributed by atoms with Gasteiger partial charge in [-0.3, -0.25) is 0 Å². The van der Waals surface area contributed by atoms with Crippen molar-refractivity contribution in [2.24, 2.45) is 0 Å².